The van der Waals surface area contributed by atoms with Crippen LogP contribution < -0.4 is 15.4 Å². The Morgan fingerprint density at radius 3 is 2.80 bits per heavy atom. The van der Waals surface area contributed by atoms with Gasteiger partial charge >= 0.3 is 0 Å². The van der Waals surface area contributed by atoms with Gasteiger partial charge in [0.1, 0.15) is 0 Å². The first-order chi connectivity index (χ1) is 11.8. The molecule has 2 aromatic rings. The van der Waals surface area contributed by atoms with E-state index in [2.05, 4.69) is 5.32 Å². The van der Waals surface area contributed by atoms with E-state index in [-0.39, 0.29) is 16.7 Å². The number of amides is 1. The quantitative estimate of drug-likeness (QED) is 0.860. The first kappa shape index (κ1) is 16.1. The van der Waals surface area contributed by atoms with Crippen molar-refractivity contribution in [1.29, 1.82) is 0 Å². The van der Waals surface area contributed by atoms with Gasteiger partial charge in [0.05, 0.1) is 4.90 Å². The van der Waals surface area contributed by atoms with E-state index in [1.807, 2.05) is 25.1 Å². The van der Waals surface area contributed by atoms with Gasteiger partial charge in [-0.25, -0.2) is 13.6 Å². The number of nitrogens with two attached hydrogens (primary N) is 1. The number of carbonyl (C=O) groups excluding carboxylic acids is 1. The van der Waals surface area contributed by atoms with Crippen molar-refractivity contribution in [3.63, 3.8) is 0 Å². The molecule has 25 heavy (non-hydrogen) atoms. The summed E-state index contributed by atoms with van der Waals surface area (Å²) in [6.45, 7) is 3.43. The van der Waals surface area contributed by atoms with Gasteiger partial charge in [0.15, 0.2) is 0 Å². The number of anilines is 2. The Morgan fingerprint density at radius 2 is 2.04 bits per heavy atom. The lowest BCUT2D eigenvalue weighted by atomic mass is 10.0. The highest BCUT2D eigenvalue weighted by Gasteiger charge is 2.32. The van der Waals surface area contributed by atoms with Crippen LogP contribution >= 0.6 is 0 Å². The van der Waals surface area contributed by atoms with Gasteiger partial charge in [-0.05, 0) is 47.9 Å². The molecule has 0 aromatic heterocycles. The zero-order valence-electron chi connectivity index (χ0n) is 13.8. The van der Waals surface area contributed by atoms with E-state index in [1.54, 1.807) is 11.0 Å². The minimum absolute atomic E-state index is 0.0244. The summed E-state index contributed by atoms with van der Waals surface area (Å²) in [6, 6.07) is 10.4. The fraction of sp³-hybridized carbons (Fsp3) is 0.278. The van der Waals surface area contributed by atoms with Crippen molar-refractivity contribution < 1.29 is 13.2 Å². The monoisotopic (exact) mass is 357 g/mol. The van der Waals surface area contributed by atoms with Crippen molar-refractivity contribution in [2.24, 2.45) is 5.14 Å². The summed E-state index contributed by atoms with van der Waals surface area (Å²) in [5.41, 5.74) is 4.41. The second-order valence-electron chi connectivity index (χ2n) is 6.63. The van der Waals surface area contributed by atoms with Gasteiger partial charge in [0.2, 0.25) is 10.0 Å². The van der Waals surface area contributed by atoms with Crippen molar-refractivity contribution in [3.05, 3.63) is 53.1 Å². The zero-order valence-corrected chi connectivity index (χ0v) is 14.6. The summed E-state index contributed by atoms with van der Waals surface area (Å²) < 4.78 is 23.3. The maximum Gasteiger partial charge on any atom is 0.258 e. The number of rotatable bonds is 2. The Hall–Kier alpha value is -2.38. The summed E-state index contributed by atoms with van der Waals surface area (Å²) in [6.07, 6.45) is 0.902. The molecule has 130 valence electrons. The summed E-state index contributed by atoms with van der Waals surface area (Å²) in [5, 5.41) is 8.52. The van der Waals surface area contributed by atoms with Gasteiger partial charge in [-0.2, -0.15) is 0 Å². The lowest BCUT2D eigenvalue weighted by Crippen LogP contribution is -2.29. The van der Waals surface area contributed by atoms with E-state index in [0.717, 1.165) is 29.8 Å². The molecule has 0 bridgehead atoms. The van der Waals surface area contributed by atoms with Gasteiger partial charge in [0.25, 0.3) is 5.91 Å². The second-order valence-corrected chi connectivity index (χ2v) is 8.19. The smallest absolute Gasteiger partial charge is 0.258 e. The normalized spacial score (nSPS) is 18.6. The molecule has 0 spiro atoms. The van der Waals surface area contributed by atoms with Crippen LogP contribution in [0.2, 0.25) is 0 Å². The van der Waals surface area contributed by atoms with E-state index in [1.165, 1.54) is 12.1 Å². The zero-order chi connectivity index (χ0) is 17.8. The van der Waals surface area contributed by atoms with E-state index >= 15 is 0 Å². The number of hydrogen-bond acceptors (Lipinski definition) is 4. The molecule has 0 aliphatic carbocycles. The minimum Gasteiger partial charge on any atom is -0.384 e. The fourth-order valence-corrected chi connectivity index (χ4v) is 4.14. The van der Waals surface area contributed by atoms with Crippen LogP contribution in [-0.4, -0.2) is 27.4 Å². The van der Waals surface area contributed by atoms with Crippen LogP contribution in [0.25, 0.3) is 0 Å². The molecule has 0 saturated heterocycles. The first-order valence-electron chi connectivity index (χ1n) is 8.20. The van der Waals surface area contributed by atoms with Gasteiger partial charge in [-0.3, -0.25) is 4.79 Å². The molecule has 0 radical (unpaired) electrons. The number of benzene rings is 2. The molecule has 2 aliphatic heterocycles. The molecular weight excluding hydrogens is 338 g/mol. The Kier molecular flexibility index (Phi) is 3.59. The molecule has 2 heterocycles. The van der Waals surface area contributed by atoms with Crippen LogP contribution in [0.5, 0.6) is 0 Å². The molecule has 0 fully saturated rings. The minimum atomic E-state index is -3.81. The van der Waals surface area contributed by atoms with Crippen molar-refractivity contribution in [3.8, 4) is 0 Å². The number of fused-ring (bicyclic) bond motifs is 2. The molecule has 1 amide bonds. The largest absolute Gasteiger partial charge is 0.384 e. The van der Waals surface area contributed by atoms with E-state index in [4.69, 9.17) is 5.14 Å². The molecule has 1 unspecified atom stereocenters. The lowest BCUT2D eigenvalue weighted by Gasteiger charge is -2.18. The average Bonchev–Trinajstić information content (AvgIpc) is 3.17. The number of primary sulfonamides is 1. The third-order valence-electron chi connectivity index (χ3n) is 4.92. The highest BCUT2D eigenvalue weighted by Crippen LogP contribution is 2.38. The number of carbonyl (C=O) groups is 1. The molecule has 0 saturated carbocycles. The number of hydrogen-bond donors (Lipinski definition) is 2. The fourth-order valence-electron chi connectivity index (χ4n) is 3.61. The van der Waals surface area contributed by atoms with E-state index < -0.39 is 10.0 Å². The predicted octanol–water partition coefficient (Wildman–Crippen LogP) is 2.07. The Bertz CT molecular complexity index is 985. The summed E-state index contributed by atoms with van der Waals surface area (Å²) in [5.74, 6) is 0.0245. The lowest BCUT2D eigenvalue weighted by molar-refractivity contribution is 0.0988. The number of nitrogens with zero attached hydrogens (tertiary/aromatic N) is 1. The van der Waals surface area contributed by atoms with Crippen LogP contribution in [-0.2, 0) is 16.4 Å². The van der Waals surface area contributed by atoms with Crippen molar-refractivity contribution in [2.75, 3.05) is 23.3 Å². The Morgan fingerprint density at radius 1 is 1.24 bits per heavy atom. The van der Waals surface area contributed by atoms with E-state index in [0.29, 0.717) is 17.8 Å². The average molecular weight is 357 g/mol. The highest BCUT2D eigenvalue weighted by molar-refractivity contribution is 7.89. The molecule has 3 N–H and O–H groups in total. The van der Waals surface area contributed by atoms with Gasteiger partial charge in [0, 0.05) is 35.9 Å². The first-order valence-corrected chi connectivity index (χ1v) is 9.74. The predicted molar refractivity (Wildman–Crippen MR) is 96.5 cm³/mol. The second kappa shape index (κ2) is 5.57. The third kappa shape index (κ3) is 2.69. The SMILES string of the molecule is CC1CN(C(=O)c2ccc3c(c2)CCN3)c2cc(S(N)(=O)=O)ccc21. The van der Waals surface area contributed by atoms with Gasteiger partial charge in [-0.1, -0.05) is 13.0 Å². The van der Waals surface area contributed by atoms with Crippen LogP contribution in [0.3, 0.4) is 0 Å². The summed E-state index contributed by atoms with van der Waals surface area (Å²) in [7, 11) is -3.81. The molecule has 4 rings (SSSR count). The number of nitrogens with one attached hydrogen (secondary N) is 1. The standard InChI is InChI=1S/C18H19N3O3S/c1-11-10-21(17-9-14(25(19,23)24)3-4-15(11)17)18(22)13-2-5-16-12(8-13)6-7-20-16/h2-5,8-9,11,20H,6-7,10H2,1H3,(H2,19,23,24). The van der Waals surface area contributed by atoms with Gasteiger partial charge < -0.3 is 10.2 Å². The molecule has 2 aliphatic rings. The molecule has 1 atom stereocenters. The summed E-state index contributed by atoms with van der Waals surface area (Å²) >= 11 is 0. The van der Waals surface area contributed by atoms with Crippen LogP contribution in [0.15, 0.2) is 41.3 Å². The maximum atomic E-state index is 13.0. The van der Waals surface area contributed by atoms with Crippen LogP contribution in [0.4, 0.5) is 11.4 Å². The van der Waals surface area contributed by atoms with Crippen LogP contribution in [0.1, 0.15) is 34.3 Å². The molecular formula is C18H19N3O3S. The third-order valence-corrected chi connectivity index (χ3v) is 5.83. The van der Waals surface area contributed by atoms with Crippen LogP contribution in [0, 0.1) is 0 Å². The topological polar surface area (TPSA) is 92.5 Å². The van der Waals surface area contributed by atoms with Gasteiger partial charge in [-0.15, -0.1) is 0 Å². The molecule has 2 aromatic carbocycles. The van der Waals surface area contributed by atoms with Crippen molar-refractivity contribution in [1.82, 2.24) is 0 Å². The highest BCUT2D eigenvalue weighted by atomic mass is 32.2. The molecule has 6 nitrogen and oxygen atoms in total. The van der Waals surface area contributed by atoms with Crippen molar-refractivity contribution >= 4 is 27.3 Å². The number of sulfonamides is 1. The maximum absolute atomic E-state index is 13.0. The van der Waals surface area contributed by atoms with E-state index in [9.17, 15) is 13.2 Å². The Labute approximate surface area is 146 Å². The molecule has 7 heteroatoms. The summed E-state index contributed by atoms with van der Waals surface area (Å²) in [4.78, 5) is 14.7. The van der Waals surface area contributed by atoms with Crippen molar-refractivity contribution in [2.45, 2.75) is 24.2 Å². The Balaban J connectivity index is 1.74.